The van der Waals surface area contributed by atoms with Crippen LogP contribution in [0.25, 0.3) is 127 Å². The van der Waals surface area contributed by atoms with Gasteiger partial charge in [0.15, 0.2) is 0 Å². The summed E-state index contributed by atoms with van der Waals surface area (Å²) in [5.74, 6) is 0.603. The van der Waals surface area contributed by atoms with E-state index in [0.717, 1.165) is 117 Å². The van der Waals surface area contributed by atoms with Gasteiger partial charge in [-0.05, 0) is 117 Å². The first-order valence-corrected chi connectivity index (χ1v) is 28.1. The molecule has 13 rings (SSSR count). The molecule has 0 amide bonds. The van der Waals surface area contributed by atoms with Gasteiger partial charge in [-0.1, -0.05) is 145 Å². The minimum Gasteiger partial charge on any atom is -0.333 e. The third-order valence-corrected chi connectivity index (χ3v) is 14.0. The van der Waals surface area contributed by atoms with Crippen LogP contribution < -0.4 is 0 Å². The number of rotatable bonds is 15. The standard InChI is InChI=1S/C48H30N4.C32H22N2.2Ir/c1-2-9-45(44(8-1)39-24-26-42(27-25-39)48-51-30-7-31-52-48)43-33-37(14-12-35-16-20-40(21-17-35)46-10-3-5-28-49-46)32-38(34-43)15-13-36-18-22-41(23-19-36)47-11-4-6-29-50-47;1-3-22-33-31(8-1)29-18-14-25(15-19-29)10-12-27-6-5-7-28(24-27)13-11-26-16-20-30(21-17-26)32-9-2-4-23-34-32;;/h1-20,22,24-25,28-34H;1-18,20,22-24H;;/q-4;-2;2*+3/b14-12-,15-13-;12-10-,13-11-;;. The van der Waals surface area contributed by atoms with Crippen molar-refractivity contribution in [3.8, 4) is 78.7 Å². The predicted molar refractivity (Wildman–Crippen MR) is 352 cm³/mol. The summed E-state index contributed by atoms with van der Waals surface area (Å²) in [6, 6.07) is 97.6. The van der Waals surface area contributed by atoms with Crippen molar-refractivity contribution in [3.63, 3.8) is 0 Å². The van der Waals surface area contributed by atoms with Gasteiger partial charge in [0.1, 0.15) is 0 Å². The summed E-state index contributed by atoms with van der Waals surface area (Å²) in [6.45, 7) is 0. The molecule has 0 bridgehead atoms. The molecule has 0 saturated heterocycles. The molecular weight excluding hydrogens is 1430 g/mol. The molecule has 5 heterocycles. The third kappa shape index (κ3) is 16.4. The minimum atomic E-state index is 0. The Labute approximate surface area is 542 Å². The summed E-state index contributed by atoms with van der Waals surface area (Å²) >= 11 is 0. The van der Waals surface area contributed by atoms with Crippen molar-refractivity contribution in [3.05, 3.63) is 349 Å². The molecule has 0 radical (unpaired) electrons. The molecule has 0 aliphatic heterocycles. The molecule has 6 nitrogen and oxygen atoms in total. The van der Waals surface area contributed by atoms with E-state index in [1.807, 2.05) is 109 Å². The summed E-state index contributed by atoms with van der Waals surface area (Å²) in [6.07, 6.45) is 27.7. The molecular formula is C80H52Ir2N6. The number of benzene rings is 8. The number of pyridine rings is 4. The van der Waals surface area contributed by atoms with E-state index < -0.39 is 0 Å². The van der Waals surface area contributed by atoms with Crippen LogP contribution in [0.15, 0.2) is 268 Å². The van der Waals surface area contributed by atoms with Crippen molar-refractivity contribution in [1.82, 2.24) is 29.9 Å². The first-order chi connectivity index (χ1) is 42.6. The van der Waals surface area contributed by atoms with E-state index in [4.69, 9.17) is 0 Å². The zero-order valence-corrected chi connectivity index (χ0v) is 52.2. The van der Waals surface area contributed by atoms with Crippen LogP contribution in [0.2, 0.25) is 0 Å². The maximum atomic E-state index is 4.45. The van der Waals surface area contributed by atoms with Gasteiger partial charge in [-0.2, -0.15) is 5.56 Å². The molecule has 0 N–H and O–H groups in total. The van der Waals surface area contributed by atoms with Crippen molar-refractivity contribution in [2.24, 2.45) is 0 Å². The third-order valence-electron chi connectivity index (χ3n) is 14.0. The second kappa shape index (κ2) is 30.7. The van der Waals surface area contributed by atoms with Gasteiger partial charge in [-0.15, -0.1) is 142 Å². The van der Waals surface area contributed by atoms with Crippen molar-refractivity contribution >= 4 is 48.6 Å². The Hall–Kier alpha value is -10.3. The summed E-state index contributed by atoms with van der Waals surface area (Å²) < 4.78 is 0. The molecule has 0 saturated carbocycles. The van der Waals surface area contributed by atoms with E-state index in [2.05, 4.69) is 230 Å². The molecule has 0 atom stereocenters. The average Bonchev–Trinajstić information content (AvgIpc) is 2.27. The van der Waals surface area contributed by atoms with Crippen LogP contribution in [0.4, 0.5) is 0 Å². The number of nitrogens with zero attached hydrogens (tertiary/aromatic N) is 6. The molecule has 8 heteroatoms. The quantitative estimate of drug-likeness (QED) is 0.0752. The number of hydrogen-bond acceptors (Lipinski definition) is 6. The monoisotopic (exact) mass is 1480 g/mol. The molecule has 5 aromatic heterocycles. The smallest absolute Gasteiger partial charge is 0.333 e. The molecule has 88 heavy (non-hydrogen) atoms. The molecule has 420 valence electrons. The summed E-state index contributed by atoms with van der Waals surface area (Å²) in [4.78, 5) is 26.4. The maximum Gasteiger partial charge on any atom is 3.00 e. The molecule has 0 unspecified atom stereocenters. The van der Waals surface area contributed by atoms with E-state index in [9.17, 15) is 0 Å². The van der Waals surface area contributed by atoms with E-state index >= 15 is 0 Å². The normalized spacial score (nSPS) is 11.0. The van der Waals surface area contributed by atoms with Gasteiger partial charge in [0.05, 0.1) is 0 Å². The summed E-state index contributed by atoms with van der Waals surface area (Å²) in [5, 5.41) is 0. The molecule has 0 fully saturated rings. The Morgan fingerprint density at radius 1 is 0.239 bits per heavy atom. The fraction of sp³-hybridized carbons (Fsp3) is 0. The van der Waals surface area contributed by atoms with E-state index in [0.29, 0.717) is 5.82 Å². The zero-order valence-electron chi connectivity index (χ0n) is 47.4. The Kier molecular flexibility index (Phi) is 21.2. The first kappa shape index (κ1) is 60.8. The van der Waals surface area contributed by atoms with Crippen LogP contribution in [0.3, 0.4) is 0 Å². The Balaban J connectivity index is 0.000000207. The maximum absolute atomic E-state index is 4.45. The zero-order chi connectivity index (χ0) is 58.0. The Morgan fingerprint density at radius 3 is 0.920 bits per heavy atom. The predicted octanol–water partition coefficient (Wildman–Crippen LogP) is 18.9. The van der Waals surface area contributed by atoms with Crippen molar-refractivity contribution < 1.29 is 40.2 Å². The fourth-order valence-corrected chi connectivity index (χ4v) is 9.53. The second-order valence-electron chi connectivity index (χ2n) is 19.9. The average molecular weight is 1480 g/mol. The largest absolute Gasteiger partial charge is 3.00 e. The first-order valence-electron chi connectivity index (χ1n) is 28.1. The molecule has 13 aromatic rings. The van der Waals surface area contributed by atoms with Gasteiger partial charge in [-0.25, -0.2) is 17.7 Å². The van der Waals surface area contributed by atoms with Gasteiger partial charge in [0, 0.05) is 37.2 Å². The van der Waals surface area contributed by atoms with Gasteiger partial charge in [-0.3, -0.25) is 12.1 Å². The van der Waals surface area contributed by atoms with Crippen molar-refractivity contribution in [2.75, 3.05) is 0 Å². The van der Waals surface area contributed by atoms with E-state index in [1.54, 1.807) is 43.2 Å². The Bertz CT molecular complexity index is 4210. The van der Waals surface area contributed by atoms with Gasteiger partial charge in [0.25, 0.3) is 0 Å². The van der Waals surface area contributed by atoms with Crippen LogP contribution >= 0.6 is 0 Å². The fourth-order valence-electron chi connectivity index (χ4n) is 9.53. The van der Waals surface area contributed by atoms with Crippen LogP contribution in [-0.4, -0.2) is 29.9 Å². The molecule has 8 aromatic carbocycles. The Morgan fingerprint density at radius 2 is 0.568 bits per heavy atom. The van der Waals surface area contributed by atoms with E-state index in [1.165, 1.54) is 0 Å². The minimum absolute atomic E-state index is 0. The summed E-state index contributed by atoms with van der Waals surface area (Å²) in [5.41, 5.74) is 21.4. The van der Waals surface area contributed by atoms with Gasteiger partial charge >= 0.3 is 40.2 Å². The second-order valence-corrected chi connectivity index (χ2v) is 19.9. The van der Waals surface area contributed by atoms with Crippen LogP contribution in [-0.2, 0) is 40.2 Å². The SMILES string of the molecule is [Ir+3].[Ir+3].[c-]1cc(-c2ccccc2-c2cc(/C=C\c3c[c-]c(-c4ccccn4)cc3)cc(/C=C\c3c[c-]c(-c4ccccn4)cc3)c2)c[c-]c1-c1ncccn1.[c-]1cc(/C=C\c2cccc(/C=C\c3c[c-]c(-c4ccccn4)cc3)c2)ccc1-c1ccccn1. The van der Waals surface area contributed by atoms with Gasteiger partial charge in [0.2, 0.25) is 0 Å². The summed E-state index contributed by atoms with van der Waals surface area (Å²) in [7, 11) is 0. The van der Waals surface area contributed by atoms with Crippen LogP contribution in [0, 0.1) is 36.4 Å². The van der Waals surface area contributed by atoms with E-state index in [-0.39, 0.29) is 40.2 Å². The topological polar surface area (TPSA) is 77.3 Å². The van der Waals surface area contributed by atoms with Crippen LogP contribution in [0.1, 0.15) is 44.5 Å². The van der Waals surface area contributed by atoms with Crippen molar-refractivity contribution in [2.45, 2.75) is 0 Å². The molecule has 0 spiro atoms. The number of hydrogen-bond donors (Lipinski definition) is 0. The molecule has 0 aliphatic rings. The van der Waals surface area contributed by atoms with Crippen LogP contribution in [0.5, 0.6) is 0 Å². The van der Waals surface area contributed by atoms with Gasteiger partial charge < -0.3 is 29.9 Å². The molecule has 0 aliphatic carbocycles. The number of aromatic nitrogens is 6. The van der Waals surface area contributed by atoms with Crippen molar-refractivity contribution in [1.29, 1.82) is 0 Å².